The Kier molecular flexibility index (Phi) is 8.26. The van der Waals surface area contributed by atoms with Crippen LogP contribution in [0.1, 0.15) is 38.8 Å². The summed E-state index contributed by atoms with van der Waals surface area (Å²) in [6, 6.07) is 8.06. The highest BCUT2D eigenvalue weighted by molar-refractivity contribution is 5.29. The van der Waals surface area contributed by atoms with E-state index in [2.05, 4.69) is 24.4 Å². The zero-order chi connectivity index (χ0) is 14.8. The second-order valence-electron chi connectivity index (χ2n) is 4.48. The molecule has 0 saturated carbocycles. The maximum absolute atomic E-state index is 5.74. The Bertz CT molecular complexity index is 347. The van der Waals surface area contributed by atoms with Crippen molar-refractivity contribution in [2.45, 2.75) is 39.5 Å². The number of rotatable bonds is 10. The minimum absolute atomic E-state index is 0.0285. The molecule has 1 aromatic carbocycles. The fourth-order valence-corrected chi connectivity index (χ4v) is 2.05. The molecule has 4 nitrogen and oxygen atoms in total. The van der Waals surface area contributed by atoms with Crippen LogP contribution in [-0.4, -0.2) is 33.2 Å². The highest BCUT2D eigenvalue weighted by Crippen LogP contribution is 2.23. The van der Waals surface area contributed by atoms with Crippen LogP contribution in [0.3, 0.4) is 0 Å². The number of nitrogens with one attached hydrogen (secondary N) is 1. The third kappa shape index (κ3) is 5.12. The van der Waals surface area contributed by atoms with Gasteiger partial charge in [-0.3, -0.25) is 0 Å². The summed E-state index contributed by atoms with van der Waals surface area (Å²) >= 11 is 0. The van der Waals surface area contributed by atoms with Crippen LogP contribution in [0.5, 0.6) is 5.75 Å². The second kappa shape index (κ2) is 9.75. The summed E-state index contributed by atoms with van der Waals surface area (Å²) in [4.78, 5) is 0. The lowest BCUT2D eigenvalue weighted by molar-refractivity contribution is -0.155. The first-order valence-electron chi connectivity index (χ1n) is 7.37. The summed E-state index contributed by atoms with van der Waals surface area (Å²) in [7, 11) is 1.67. The van der Waals surface area contributed by atoms with Crippen LogP contribution in [0.2, 0.25) is 0 Å². The predicted molar refractivity (Wildman–Crippen MR) is 81.1 cm³/mol. The maximum Gasteiger partial charge on any atom is 0.176 e. The third-order valence-electron chi connectivity index (χ3n) is 3.02. The number of methoxy groups -OCH3 is 1. The van der Waals surface area contributed by atoms with E-state index in [4.69, 9.17) is 14.2 Å². The average Bonchev–Trinajstić information content (AvgIpc) is 2.48. The number of benzene rings is 1. The molecular formula is C16H27NO3. The van der Waals surface area contributed by atoms with E-state index < -0.39 is 0 Å². The van der Waals surface area contributed by atoms with Gasteiger partial charge in [-0.1, -0.05) is 19.1 Å². The van der Waals surface area contributed by atoms with Gasteiger partial charge in [0.25, 0.3) is 0 Å². The van der Waals surface area contributed by atoms with E-state index >= 15 is 0 Å². The first-order valence-corrected chi connectivity index (χ1v) is 7.37. The molecule has 1 N–H and O–H groups in total. The van der Waals surface area contributed by atoms with E-state index in [1.165, 1.54) is 0 Å². The monoisotopic (exact) mass is 281 g/mol. The van der Waals surface area contributed by atoms with E-state index in [1.807, 2.05) is 26.0 Å². The number of hydrogen-bond acceptors (Lipinski definition) is 4. The Morgan fingerprint density at radius 3 is 2.05 bits per heavy atom. The molecule has 1 rings (SSSR count). The van der Waals surface area contributed by atoms with E-state index in [9.17, 15) is 0 Å². The van der Waals surface area contributed by atoms with Gasteiger partial charge in [0.05, 0.1) is 13.2 Å². The lowest BCUT2D eigenvalue weighted by atomic mass is 10.1. The van der Waals surface area contributed by atoms with Gasteiger partial charge in [0.15, 0.2) is 6.29 Å². The quantitative estimate of drug-likeness (QED) is 0.669. The highest BCUT2D eigenvalue weighted by atomic mass is 16.7. The van der Waals surface area contributed by atoms with Gasteiger partial charge in [-0.25, -0.2) is 0 Å². The minimum Gasteiger partial charge on any atom is -0.497 e. The van der Waals surface area contributed by atoms with E-state index in [0.717, 1.165) is 24.3 Å². The third-order valence-corrected chi connectivity index (χ3v) is 3.02. The second-order valence-corrected chi connectivity index (χ2v) is 4.48. The van der Waals surface area contributed by atoms with Crippen LogP contribution >= 0.6 is 0 Å². The van der Waals surface area contributed by atoms with Crippen LogP contribution in [0.15, 0.2) is 24.3 Å². The SMILES string of the molecule is CCCNC(c1ccc(OC)cc1)C(OCC)OCC. The number of hydrogen-bond donors (Lipinski definition) is 1. The fraction of sp³-hybridized carbons (Fsp3) is 0.625. The summed E-state index contributed by atoms with van der Waals surface area (Å²) in [5.74, 6) is 0.854. The molecule has 0 amide bonds. The molecule has 1 atom stereocenters. The summed E-state index contributed by atoms with van der Waals surface area (Å²) in [6.45, 7) is 8.30. The van der Waals surface area contributed by atoms with Gasteiger partial charge in [-0.05, 0) is 44.5 Å². The van der Waals surface area contributed by atoms with Gasteiger partial charge in [0, 0.05) is 13.2 Å². The zero-order valence-corrected chi connectivity index (χ0v) is 13.0. The minimum atomic E-state index is -0.273. The van der Waals surface area contributed by atoms with Crippen molar-refractivity contribution in [2.75, 3.05) is 26.9 Å². The molecule has 0 heterocycles. The molecule has 20 heavy (non-hydrogen) atoms. The van der Waals surface area contributed by atoms with Gasteiger partial charge in [-0.15, -0.1) is 0 Å². The van der Waals surface area contributed by atoms with Gasteiger partial charge < -0.3 is 19.5 Å². The first kappa shape index (κ1) is 17.0. The topological polar surface area (TPSA) is 39.7 Å². The molecule has 1 aromatic rings. The molecule has 0 spiro atoms. The van der Waals surface area contributed by atoms with Crippen molar-refractivity contribution in [3.8, 4) is 5.75 Å². The average molecular weight is 281 g/mol. The molecule has 114 valence electrons. The summed E-state index contributed by atoms with van der Waals surface area (Å²) in [6.07, 6.45) is 0.794. The van der Waals surface area contributed by atoms with Crippen LogP contribution in [0, 0.1) is 0 Å². The predicted octanol–water partition coefficient (Wildman–Crippen LogP) is 3.14. The van der Waals surface area contributed by atoms with E-state index in [0.29, 0.717) is 13.2 Å². The molecule has 4 heteroatoms. The Labute approximate surface area is 122 Å². The first-order chi connectivity index (χ1) is 9.76. The highest BCUT2D eigenvalue weighted by Gasteiger charge is 2.23. The van der Waals surface area contributed by atoms with Crippen LogP contribution in [0.25, 0.3) is 0 Å². The Morgan fingerprint density at radius 2 is 1.60 bits per heavy atom. The molecule has 0 aliphatic carbocycles. The van der Waals surface area contributed by atoms with Crippen molar-refractivity contribution in [3.05, 3.63) is 29.8 Å². The van der Waals surface area contributed by atoms with Crippen molar-refractivity contribution in [1.29, 1.82) is 0 Å². The molecular weight excluding hydrogens is 254 g/mol. The standard InChI is InChI=1S/C16H27NO3/c1-5-12-17-15(16(19-6-2)20-7-3)13-8-10-14(18-4)11-9-13/h8-11,15-17H,5-7,12H2,1-4H3. The fourth-order valence-electron chi connectivity index (χ4n) is 2.05. The van der Waals surface area contributed by atoms with Crippen LogP contribution < -0.4 is 10.1 Å². The summed E-state index contributed by atoms with van der Waals surface area (Å²) < 4.78 is 16.7. The Balaban J connectivity index is 2.88. The maximum atomic E-state index is 5.74. The van der Waals surface area contributed by atoms with Gasteiger partial charge in [-0.2, -0.15) is 0 Å². The van der Waals surface area contributed by atoms with Crippen molar-refractivity contribution in [3.63, 3.8) is 0 Å². The molecule has 0 saturated heterocycles. The zero-order valence-electron chi connectivity index (χ0n) is 13.0. The lowest BCUT2D eigenvalue weighted by Crippen LogP contribution is -2.36. The van der Waals surface area contributed by atoms with Gasteiger partial charge in [0.2, 0.25) is 0 Å². The van der Waals surface area contributed by atoms with Crippen molar-refractivity contribution >= 4 is 0 Å². The normalized spacial score (nSPS) is 12.7. The Hall–Kier alpha value is -1.10. The lowest BCUT2D eigenvalue weighted by Gasteiger charge is -2.28. The molecule has 0 bridgehead atoms. The molecule has 0 fully saturated rings. The van der Waals surface area contributed by atoms with E-state index in [-0.39, 0.29) is 12.3 Å². The van der Waals surface area contributed by atoms with E-state index in [1.54, 1.807) is 7.11 Å². The van der Waals surface area contributed by atoms with Crippen molar-refractivity contribution < 1.29 is 14.2 Å². The van der Waals surface area contributed by atoms with Gasteiger partial charge in [0.1, 0.15) is 5.75 Å². The molecule has 0 aliphatic rings. The van der Waals surface area contributed by atoms with Crippen LogP contribution in [0.4, 0.5) is 0 Å². The van der Waals surface area contributed by atoms with Crippen molar-refractivity contribution in [2.24, 2.45) is 0 Å². The van der Waals surface area contributed by atoms with Crippen molar-refractivity contribution in [1.82, 2.24) is 5.32 Å². The molecule has 0 aliphatic heterocycles. The number of ether oxygens (including phenoxy) is 3. The van der Waals surface area contributed by atoms with Crippen LogP contribution in [-0.2, 0) is 9.47 Å². The Morgan fingerprint density at radius 1 is 1.00 bits per heavy atom. The molecule has 1 unspecified atom stereocenters. The molecule has 0 radical (unpaired) electrons. The summed E-state index contributed by atoms with van der Waals surface area (Å²) in [5, 5.41) is 3.50. The largest absolute Gasteiger partial charge is 0.497 e. The summed E-state index contributed by atoms with van der Waals surface area (Å²) in [5.41, 5.74) is 1.14. The van der Waals surface area contributed by atoms with Gasteiger partial charge >= 0.3 is 0 Å². The smallest absolute Gasteiger partial charge is 0.176 e. The molecule has 0 aromatic heterocycles.